The van der Waals surface area contributed by atoms with Crippen LogP contribution in [0.25, 0.3) is 0 Å². The van der Waals surface area contributed by atoms with Gasteiger partial charge in [0.25, 0.3) is 0 Å². The molecule has 0 spiro atoms. The van der Waals surface area contributed by atoms with E-state index in [1.165, 1.54) is 5.56 Å². The lowest BCUT2D eigenvalue weighted by atomic mass is 9.88. The number of nitrogens with one attached hydrogen (secondary N) is 1. The number of ether oxygens (including phenoxy) is 1. The molecule has 1 aliphatic heterocycles. The predicted molar refractivity (Wildman–Crippen MR) is 95.3 cm³/mol. The lowest BCUT2D eigenvalue weighted by molar-refractivity contribution is 0.0837. The molecular formula is C19H27N3O3. The maximum atomic E-state index is 12.8. The average molecular weight is 345 g/mol. The molecule has 0 bridgehead atoms. The van der Waals surface area contributed by atoms with Crippen LogP contribution in [0.3, 0.4) is 0 Å². The first-order valence-electron chi connectivity index (χ1n) is 9.19. The van der Waals surface area contributed by atoms with Gasteiger partial charge >= 0.3 is 12.1 Å². The van der Waals surface area contributed by atoms with Gasteiger partial charge in [-0.1, -0.05) is 43.2 Å². The fourth-order valence-electron chi connectivity index (χ4n) is 3.81. The third kappa shape index (κ3) is 3.89. The van der Waals surface area contributed by atoms with Gasteiger partial charge in [-0.2, -0.15) is 0 Å². The highest BCUT2D eigenvalue weighted by Crippen LogP contribution is 2.38. The minimum Gasteiger partial charge on any atom is -0.450 e. The summed E-state index contributed by atoms with van der Waals surface area (Å²) in [6.07, 6.45) is 3.92. The fourth-order valence-corrected chi connectivity index (χ4v) is 3.81. The summed E-state index contributed by atoms with van der Waals surface area (Å²) in [5, 5.41) is 3.30. The summed E-state index contributed by atoms with van der Waals surface area (Å²) in [6, 6.07) is 10.2. The van der Waals surface area contributed by atoms with Crippen LogP contribution in [0.15, 0.2) is 30.3 Å². The molecule has 136 valence electrons. The van der Waals surface area contributed by atoms with Crippen molar-refractivity contribution >= 4 is 12.1 Å². The van der Waals surface area contributed by atoms with E-state index in [4.69, 9.17) is 4.74 Å². The summed E-state index contributed by atoms with van der Waals surface area (Å²) >= 11 is 0. The third-order valence-electron chi connectivity index (χ3n) is 5.22. The van der Waals surface area contributed by atoms with Crippen molar-refractivity contribution in [3.8, 4) is 0 Å². The monoisotopic (exact) mass is 345 g/mol. The van der Waals surface area contributed by atoms with Crippen molar-refractivity contribution in [2.45, 2.75) is 38.1 Å². The Morgan fingerprint density at radius 1 is 1.04 bits per heavy atom. The number of nitrogens with zero attached hydrogens (tertiary/aromatic N) is 2. The van der Waals surface area contributed by atoms with Crippen LogP contribution < -0.4 is 5.32 Å². The average Bonchev–Trinajstić information content (AvgIpc) is 3.12. The molecule has 25 heavy (non-hydrogen) atoms. The molecule has 0 atom stereocenters. The number of rotatable bonds is 3. The lowest BCUT2D eigenvalue weighted by Crippen LogP contribution is -2.56. The molecule has 0 unspecified atom stereocenters. The number of piperazine rings is 1. The highest BCUT2D eigenvalue weighted by atomic mass is 16.6. The Morgan fingerprint density at radius 2 is 1.64 bits per heavy atom. The molecule has 2 fully saturated rings. The smallest absolute Gasteiger partial charge is 0.409 e. The van der Waals surface area contributed by atoms with E-state index in [-0.39, 0.29) is 17.7 Å². The SMILES string of the molecule is CCOC(=O)N1CCN(C(=O)NC2(c3ccccc3)CCCC2)CC1. The van der Waals surface area contributed by atoms with Gasteiger partial charge in [0.15, 0.2) is 0 Å². The molecule has 2 aliphatic rings. The molecule has 1 saturated heterocycles. The van der Waals surface area contributed by atoms with Crippen LogP contribution in [-0.4, -0.2) is 54.7 Å². The van der Waals surface area contributed by atoms with Gasteiger partial charge in [0.05, 0.1) is 12.1 Å². The van der Waals surface area contributed by atoms with Gasteiger partial charge in [-0.05, 0) is 25.3 Å². The Kier molecular flexibility index (Phi) is 5.46. The minimum absolute atomic E-state index is 0.0331. The van der Waals surface area contributed by atoms with E-state index in [0.29, 0.717) is 32.8 Å². The van der Waals surface area contributed by atoms with Crippen LogP contribution in [0.1, 0.15) is 38.2 Å². The number of carbonyl (C=O) groups excluding carboxylic acids is 2. The van der Waals surface area contributed by atoms with Gasteiger partial charge in [-0.3, -0.25) is 0 Å². The highest BCUT2D eigenvalue weighted by Gasteiger charge is 2.38. The number of carbonyl (C=O) groups is 2. The van der Waals surface area contributed by atoms with Gasteiger partial charge < -0.3 is 19.9 Å². The Labute approximate surface area is 149 Å². The highest BCUT2D eigenvalue weighted by molar-refractivity contribution is 5.76. The Balaban J connectivity index is 1.61. The van der Waals surface area contributed by atoms with Crippen LogP contribution in [0.2, 0.25) is 0 Å². The summed E-state index contributed by atoms with van der Waals surface area (Å²) in [5.41, 5.74) is 0.933. The van der Waals surface area contributed by atoms with Gasteiger partial charge in [0.1, 0.15) is 0 Å². The molecule has 1 aliphatic carbocycles. The number of hydrogen-bond donors (Lipinski definition) is 1. The zero-order valence-corrected chi connectivity index (χ0v) is 14.9. The van der Waals surface area contributed by atoms with Crippen LogP contribution >= 0.6 is 0 Å². The van der Waals surface area contributed by atoms with Crippen molar-refractivity contribution in [1.82, 2.24) is 15.1 Å². The molecule has 1 N–H and O–H groups in total. The largest absolute Gasteiger partial charge is 0.450 e. The quantitative estimate of drug-likeness (QED) is 0.916. The summed E-state index contributed by atoms with van der Waals surface area (Å²) < 4.78 is 5.03. The molecule has 6 nitrogen and oxygen atoms in total. The van der Waals surface area contributed by atoms with E-state index in [0.717, 1.165) is 25.7 Å². The fraction of sp³-hybridized carbons (Fsp3) is 0.579. The summed E-state index contributed by atoms with van der Waals surface area (Å²) in [5.74, 6) is 0. The zero-order chi connectivity index (χ0) is 17.7. The van der Waals surface area contributed by atoms with Crippen LogP contribution in [0.4, 0.5) is 9.59 Å². The van der Waals surface area contributed by atoms with Crippen LogP contribution in [-0.2, 0) is 10.3 Å². The van der Waals surface area contributed by atoms with Gasteiger partial charge in [0.2, 0.25) is 0 Å². The topological polar surface area (TPSA) is 61.9 Å². The van der Waals surface area contributed by atoms with Crippen LogP contribution in [0, 0.1) is 0 Å². The van der Waals surface area contributed by atoms with E-state index in [2.05, 4.69) is 17.4 Å². The minimum atomic E-state index is -0.292. The zero-order valence-electron chi connectivity index (χ0n) is 14.9. The number of amides is 3. The molecule has 0 radical (unpaired) electrons. The van der Waals surface area contributed by atoms with E-state index in [1.54, 1.807) is 16.7 Å². The van der Waals surface area contributed by atoms with Gasteiger partial charge in [0, 0.05) is 26.2 Å². The van der Waals surface area contributed by atoms with E-state index < -0.39 is 0 Å². The number of urea groups is 1. The molecule has 6 heteroatoms. The third-order valence-corrected chi connectivity index (χ3v) is 5.22. The van der Waals surface area contributed by atoms with Crippen molar-refractivity contribution in [2.75, 3.05) is 32.8 Å². The summed E-state index contributed by atoms with van der Waals surface area (Å²) in [6.45, 7) is 4.28. The summed E-state index contributed by atoms with van der Waals surface area (Å²) in [7, 11) is 0. The first kappa shape index (κ1) is 17.6. The maximum Gasteiger partial charge on any atom is 0.409 e. The second kappa shape index (κ2) is 7.76. The van der Waals surface area contributed by atoms with Gasteiger partial charge in [-0.25, -0.2) is 9.59 Å². The van der Waals surface area contributed by atoms with Crippen LogP contribution in [0.5, 0.6) is 0 Å². The molecule has 3 amide bonds. The van der Waals surface area contributed by atoms with Crippen molar-refractivity contribution in [3.63, 3.8) is 0 Å². The van der Waals surface area contributed by atoms with Crippen molar-refractivity contribution in [2.24, 2.45) is 0 Å². The maximum absolute atomic E-state index is 12.8. The predicted octanol–water partition coefficient (Wildman–Crippen LogP) is 2.94. The van der Waals surface area contributed by atoms with E-state index >= 15 is 0 Å². The Bertz CT molecular complexity index is 591. The normalized spacial score (nSPS) is 19.6. The second-order valence-corrected chi connectivity index (χ2v) is 6.76. The Morgan fingerprint density at radius 3 is 2.24 bits per heavy atom. The standard InChI is InChI=1S/C19H27N3O3/c1-2-25-18(24)22-14-12-21(13-15-22)17(23)20-19(10-6-7-11-19)16-8-4-3-5-9-16/h3-5,8-9H,2,6-7,10-15H2,1H3,(H,20,23). The molecule has 1 aromatic rings. The Hall–Kier alpha value is -2.24. The lowest BCUT2D eigenvalue weighted by Gasteiger charge is -2.38. The molecule has 1 saturated carbocycles. The molecule has 0 aromatic heterocycles. The van der Waals surface area contributed by atoms with Crippen molar-refractivity contribution in [3.05, 3.63) is 35.9 Å². The van der Waals surface area contributed by atoms with E-state index in [1.807, 2.05) is 18.2 Å². The first-order chi connectivity index (χ1) is 12.1. The van der Waals surface area contributed by atoms with Gasteiger partial charge in [-0.15, -0.1) is 0 Å². The molecule has 3 rings (SSSR count). The van der Waals surface area contributed by atoms with Crippen molar-refractivity contribution < 1.29 is 14.3 Å². The molecule has 1 heterocycles. The van der Waals surface area contributed by atoms with Crippen molar-refractivity contribution in [1.29, 1.82) is 0 Å². The van der Waals surface area contributed by atoms with E-state index in [9.17, 15) is 9.59 Å². The molecular weight excluding hydrogens is 318 g/mol. The number of hydrogen-bond acceptors (Lipinski definition) is 3. The molecule has 1 aromatic carbocycles. The summed E-state index contributed by atoms with van der Waals surface area (Å²) in [4.78, 5) is 28.1. The second-order valence-electron chi connectivity index (χ2n) is 6.76. The first-order valence-corrected chi connectivity index (χ1v) is 9.19. The number of benzene rings is 1.